The summed E-state index contributed by atoms with van der Waals surface area (Å²) in [6.45, 7) is 4.54. The minimum absolute atomic E-state index is 0.0225. The molecular formula is C14H24N2O2. The van der Waals surface area contributed by atoms with Crippen molar-refractivity contribution in [1.82, 2.24) is 10.2 Å². The average molecular weight is 252 g/mol. The van der Waals surface area contributed by atoms with Gasteiger partial charge >= 0.3 is 0 Å². The molecule has 0 bridgehead atoms. The molecule has 1 N–H and O–H groups in total. The van der Waals surface area contributed by atoms with E-state index in [1.807, 2.05) is 0 Å². The summed E-state index contributed by atoms with van der Waals surface area (Å²) < 4.78 is 5.43. The van der Waals surface area contributed by atoms with E-state index >= 15 is 0 Å². The molecule has 0 aromatic carbocycles. The molecule has 2 heterocycles. The molecule has 102 valence electrons. The van der Waals surface area contributed by atoms with Crippen LogP contribution in [0.25, 0.3) is 0 Å². The predicted molar refractivity (Wildman–Crippen MR) is 69.0 cm³/mol. The van der Waals surface area contributed by atoms with Crippen molar-refractivity contribution < 1.29 is 9.53 Å². The number of nitrogens with one attached hydrogen (secondary N) is 1. The van der Waals surface area contributed by atoms with E-state index in [1.54, 1.807) is 0 Å². The van der Waals surface area contributed by atoms with Gasteiger partial charge in [-0.1, -0.05) is 26.2 Å². The Morgan fingerprint density at radius 1 is 1.44 bits per heavy atom. The minimum atomic E-state index is -0.0225. The van der Waals surface area contributed by atoms with E-state index in [9.17, 15) is 4.79 Å². The predicted octanol–water partition coefficient (Wildman–Crippen LogP) is 1.36. The molecule has 4 unspecified atom stereocenters. The highest BCUT2D eigenvalue weighted by atomic mass is 16.5. The van der Waals surface area contributed by atoms with Crippen LogP contribution < -0.4 is 5.32 Å². The van der Waals surface area contributed by atoms with Gasteiger partial charge in [0.25, 0.3) is 0 Å². The van der Waals surface area contributed by atoms with Gasteiger partial charge in [-0.05, 0) is 24.7 Å². The van der Waals surface area contributed by atoms with Crippen LogP contribution in [0.15, 0.2) is 0 Å². The van der Waals surface area contributed by atoms with Crippen molar-refractivity contribution >= 4 is 5.91 Å². The van der Waals surface area contributed by atoms with Crippen molar-refractivity contribution in [2.24, 2.45) is 11.8 Å². The van der Waals surface area contributed by atoms with Gasteiger partial charge in [0.05, 0.1) is 19.4 Å². The van der Waals surface area contributed by atoms with Crippen molar-refractivity contribution in [1.29, 1.82) is 0 Å². The maximum absolute atomic E-state index is 12.0. The van der Waals surface area contributed by atoms with Crippen molar-refractivity contribution in [3.05, 3.63) is 0 Å². The average Bonchev–Trinajstić information content (AvgIpc) is 2.77. The monoisotopic (exact) mass is 252 g/mol. The maximum atomic E-state index is 12.0. The zero-order valence-electron chi connectivity index (χ0n) is 11.2. The van der Waals surface area contributed by atoms with Gasteiger partial charge in [0.1, 0.15) is 6.04 Å². The van der Waals surface area contributed by atoms with E-state index in [1.165, 1.54) is 32.1 Å². The Labute approximate surface area is 109 Å². The fraction of sp³-hybridized carbons (Fsp3) is 0.929. The lowest BCUT2D eigenvalue weighted by Crippen LogP contribution is -2.50. The molecule has 4 atom stereocenters. The van der Waals surface area contributed by atoms with E-state index in [-0.39, 0.29) is 18.1 Å². The third kappa shape index (κ3) is 2.16. The van der Waals surface area contributed by atoms with Crippen molar-refractivity contribution in [3.63, 3.8) is 0 Å². The Bertz CT molecular complexity index is 321. The molecule has 1 aliphatic carbocycles. The molecule has 2 saturated heterocycles. The molecule has 4 nitrogen and oxygen atoms in total. The number of morpholine rings is 1. The Morgan fingerprint density at radius 2 is 2.33 bits per heavy atom. The van der Waals surface area contributed by atoms with Gasteiger partial charge in [-0.15, -0.1) is 0 Å². The first-order chi connectivity index (χ1) is 8.79. The van der Waals surface area contributed by atoms with Crippen LogP contribution in [0.3, 0.4) is 0 Å². The smallest absolute Gasteiger partial charge is 0.241 e. The Kier molecular flexibility index (Phi) is 3.57. The summed E-state index contributed by atoms with van der Waals surface area (Å²) in [5.41, 5.74) is 0. The summed E-state index contributed by atoms with van der Waals surface area (Å²) in [5.74, 6) is 1.69. The highest BCUT2D eigenvalue weighted by molar-refractivity contribution is 5.84. The lowest BCUT2D eigenvalue weighted by Gasteiger charge is -2.38. The van der Waals surface area contributed by atoms with Crippen LogP contribution in [0.1, 0.15) is 39.0 Å². The van der Waals surface area contributed by atoms with Crippen molar-refractivity contribution in [2.45, 2.75) is 51.2 Å². The summed E-state index contributed by atoms with van der Waals surface area (Å²) in [6.07, 6.45) is 6.81. The number of hydrogen-bond donors (Lipinski definition) is 1. The first-order valence-corrected chi connectivity index (χ1v) is 7.43. The highest BCUT2D eigenvalue weighted by Crippen LogP contribution is 2.36. The van der Waals surface area contributed by atoms with E-state index in [0.29, 0.717) is 12.5 Å². The summed E-state index contributed by atoms with van der Waals surface area (Å²) >= 11 is 0. The van der Waals surface area contributed by atoms with Crippen LogP contribution in [0, 0.1) is 11.8 Å². The fourth-order valence-electron chi connectivity index (χ4n) is 3.88. The van der Waals surface area contributed by atoms with Gasteiger partial charge in [-0.3, -0.25) is 9.69 Å². The Balaban J connectivity index is 1.69. The fourth-order valence-corrected chi connectivity index (χ4v) is 3.88. The molecule has 18 heavy (non-hydrogen) atoms. The molecule has 3 aliphatic rings. The Hall–Kier alpha value is -0.610. The highest BCUT2D eigenvalue weighted by Gasteiger charge is 2.45. The normalized spacial score (nSPS) is 41.5. The second-order valence-electron chi connectivity index (χ2n) is 5.98. The van der Waals surface area contributed by atoms with Gasteiger partial charge in [-0.2, -0.15) is 0 Å². The molecule has 4 heteroatoms. The number of fused-ring (bicyclic) bond motifs is 1. The van der Waals surface area contributed by atoms with Gasteiger partial charge in [0.15, 0.2) is 0 Å². The van der Waals surface area contributed by atoms with E-state index < -0.39 is 0 Å². The van der Waals surface area contributed by atoms with Crippen molar-refractivity contribution in [2.75, 3.05) is 19.8 Å². The number of carbonyl (C=O) groups excluding carboxylic acids is 1. The zero-order valence-corrected chi connectivity index (χ0v) is 11.2. The quantitative estimate of drug-likeness (QED) is 0.807. The van der Waals surface area contributed by atoms with Gasteiger partial charge in [0.2, 0.25) is 5.91 Å². The first kappa shape index (κ1) is 12.4. The number of carbonyl (C=O) groups is 1. The standard InChI is InChI=1S/C14H24N2O2/c1-2-10-4-3-5-11(8-10)13-15-14(17)12-9-18-7-6-16(12)13/h10-13H,2-9H2,1H3,(H,15,17). The molecule has 0 radical (unpaired) electrons. The molecule has 3 rings (SSSR count). The molecule has 3 fully saturated rings. The number of rotatable bonds is 2. The summed E-state index contributed by atoms with van der Waals surface area (Å²) in [6, 6.07) is -0.0225. The van der Waals surface area contributed by atoms with Crippen LogP contribution in [-0.4, -0.2) is 42.8 Å². The number of nitrogens with zero attached hydrogens (tertiary/aromatic N) is 1. The second-order valence-corrected chi connectivity index (χ2v) is 5.98. The van der Waals surface area contributed by atoms with Crippen LogP contribution in [0.4, 0.5) is 0 Å². The summed E-state index contributed by atoms with van der Waals surface area (Å²) in [4.78, 5) is 14.3. The Morgan fingerprint density at radius 3 is 3.17 bits per heavy atom. The first-order valence-electron chi connectivity index (χ1n) is 7.43. The molecule has 0 spiro atoms. The maximum Gasteiger partial charge on any atom is 0.241 e. The third-order valence-electron chi connectivity index (χ3n) is 4.97. The van der Waals surface area contributed by atoms with Crippen molar-refractivity contribution in [3.8, 4) is 0 Å². The third-order valence-corrected chi connectivity index (χ3v) is 4.97. The molecule has 0 aromatic heterocycles. The van der Waals surface area contributed by atoms with E-state index in [0.717, 1.165) is 19.1 Å². The largest absolute Gasteiger partial charge is 0.378 e. The molecule has 2 aliphatic heterocycles. The summed E-state index contributed by atoms with van der Waals surface area (Å²) in [5, 5.41) is 3.22. The zero-order chi connectivity index (χ0) is 12.5. The van der Waals surface area contributed by atoms with Gasteiger partial charge in [0, 0.05) is 6.54 Å². The lowest BCUT2D eigenvalue weighted by atomic mass is 9.78. The topological polar surface area (TPSA) is 41.6 Å². The molecular weight excluding hydrogens is 228 g/mol. The van der Waals surface area contributed by atoms with Crippen LogP contribution >= 0.6 is 0 Å². The molecule has 1 saturated carbocycles. The van der Waals surface area contributed by atoms with Crippen LogP contribution in [-0.2, 0) is 9.53 Å². The number of ether oxygens (including phenoxy) is 1. The second kappa shape index (κ2) is 5.17. The minimum Gasteiger partial charge on any atom is -0.378 e. The van der Waals surface area contributed by atoms with E-state index in [2.05, 4.69) is 17.1 Å². The number of hydrogen-bond acceptors (Lipinski definition) is 3. The van der Waals surface area contributed by atoms with Gasteiger partial charge < -0.3 is 10.1 Å². The van der Waals surface area contributed by atoms with Crippen LogP contribution in [0.2, 0.25) is 0 Å². The SMILES string of the molecule is CCC1CCCC(C2NC(=O)C3COCCN32)C1. The van der Waals surface area contributed by atoms with Gasteiger partial charge in [-0.25, -0.2) is 0 Å². The van der Waals surface area contributed by atoms with Crippen LogP contribution in [0.5, 0.6) is 0 Å². The lowest BCUT2D eigenvalue weighted by molar-refractivity contribution is -0.125. The summed E-state index contributed by atoms with van der Waals surface area (Å²) in [7, 11) is 0. The molecule has 1 amide bonds. The number of amides is 1. The molecule has 0 aromatic rings. The van der Waals surface area contributed by atoms with E-state index in [4.69, 9.17) is 4.74 Å².